The summed E-state index contributed by atoms with van der Waals surface area (Å²) in [6.45, 7) is 2.89. The molecule has 0 aliphatic carbocycles. The van der Waals surface area contributed by atoms with E-state index in [-0.39, 0.29) is 12.3 Å². The Balaban J connectivity index is 2.41. The van der Waals surface area contributed by atoms with Gasteiger partial charge in [-0.1, -0.05) is 0 Å². The van der Waals surface area contributed by atoms with E-state index in [1.165, 1.54) is 0 Å². The second-order valence-corrected chi connectivity index (χ2v) is 4.97. The number of anilines is 1. The lowest BCUT2D eigenvalue weighted by Crippen LogP contribution is -2.12. The minimum absolute atomic E-state index is 0.0970. The Hall–Kier alpha value is -2.08. The van der Waals surface area contributed by atoms with Crippen LogP contribution >= 0.6 is 0 Å². The van der Waals surface area contributed by atoms with Crippen molar-refractivity contribution in [2.24, 2.45) is 0 Å². The predicted octanol–water partition coefficient (Wildman–Crippen LogP) is 2.60. The van der Waals surface area contributed by atoms with Crippen LogP contribution in [0.1, 0.15) is 31.2 Å². The number of benzene rings is 1. The van der Waals surface area contributed by atoms with Gasteiger partial charge in [0.2, 0.25) is 5.91 Å². The Labute approximate surface area is 130 Å². The van der Waals surface area contributed by atoms with E-state index >= 15 is 0 Å². The minimum Gasteiger partial charge on any atom is -0.491 e. The topological polar surface area (TPSA) is 84.9 Å². The van der Waals surface area contributed by atoms with E-state index in [2.05, 4.69) is 5.32 Å². The highest BCUT2D eigenvalue weighted by atomic mass is 16.5. The van der Waals surface area contributed by atoms with Gasteiger partial charge in [-0.05, 0) is 43.5 Å². The summed E-state index contributed by atoms with van der Waals surface area (Å²) in [5.74, 6) is -0.212. The molecule has 0 aliphatic rings. The smallest absolute Gasteiger partial charge is 0.303 e. The van der Waals surface area contributed by atoms with Crippen molar-refractivity contribution in [3.63, 3.8) is 0 Å². The molecule has 1 aromatic carbocycles. The molecule has 0 unspecified atom stereocenters. The van der Waals surface area contributed by atoms with Crippen molar-refractivity contribution in [2.75, 3.05) is 25.6 Å². The lowest BCUT2D eigenvalue weighted by molar-refractivity contribution is -0.137. The van der Waals surface area contributed by atoms with Gasteiger partial charge in [0.15, 0.2) is 0 Å². The van der Waals surface area contributed by atoms with Gasteiger partial charge in [-0.3, -0.25) is 9.59 Å². The number of hydrogen-bond donors (Lipinski definition) is 2. The molecule has 2 N–H and O–H groups in total. The quantitative estimate of drug-likeness (QED) is 0.649. The molecule has 0 radical (unpaired) electrons. The average Bonchev–Trinajstić information content (AvgIpc) is 2.46. The molecule has 6 heteroatoms. The molecule has 0 spiro atoms. The Morgan fingerprint density at radius 2 is 1.91 bits per heavy atom. The monoisotopic (exact) mass is 309 g/mol. The van der Waals surface area contributed by atoms with Gasteiger partial charge in [0.05, 0.1) is 6.61 Å². The van der Waals surface area contributed by atoms with E-state index in [1.807, 2.05) is 13.0 Å². The van der Waals surface area contributed by atoms with Crippen molar-refractivity contribution in [3.05, 3.63) is 23.8 Å². The van der Waals surface area contributed by atoms with Crippen molar-refractivity contribution >= 4 is 17.6 Å². The van der Waals surface area contributed by atoms with Crippen LogP contribution in [0.2, 0.25) is 0 Å². The standard InChI is InChI=1S/C16H23NO5/c1-12-11-13(22-10-9-21-2)7-8-14(12)17-15(18)5-3-4-6-16(19)20/h7-8,11H,3-6,9-10H2,1-2H3,(H,17,18)(H,19,20). The van der Waals surface area contributed by atoms with Crippen LogP contribution in [-0.2, 0) is 14.3 Å². The molecule has 1 rings (SSSR count). The second-order valence-electron chi connectivity index (χ2n) is 4.97. The molecule has 0 aliphatic heterocycles. The molecule has 22 heavy (non-hydrogen) atoms. The van der Waals surface area contributed by atoms with Crippen LogP contribution in [-0.4, -0.2) is 37.3 Å². The van der Waals surface area contributed by atoms with Gasteiger partial charge in [-0.25, -0.2) is 0 Å². The Kier molecular flexibility index (Phi) is 7.99. The number of carbonyl (C=O) groups excluding carboxylic acids is 1. The number of methoxy groups -OCH3 is 1. The van der Waals surface area contributed by atoms with Gasteiger partial charge in [-0.15, -0.1) is 0 Å². The molecular formula is C16H23NO5. The number of amides is 1. The number of carboxylic acids is 1. The first-order valence-electron chi connectivity index (χ1n) is 7.27. The number of unbranched alkanes of at least 4 members (excludes halogenated alkanes) is 1. The van der Waals surface area contributed by atoms with Crippen LogP contribution in [0.4, 0.5) is 5.69 Å². The number of ether oxygens (including phenoxy) is 2. The minimum atomic E-state index is -0.833. The molecule has 0 bridgehead atoms. The lowest BCUT2D eigenvalue weighted by atomic mass is 10.1. The largest absolute Gasteiger partial charge is 0.491 e. The SMILES string of the molecule is COCCOc1ccc(NC(=O)CCCCC(=O)O)c(C)c1. The van der Waals surface area contributed by atoms with Crippen LogP contribution in [0.3, 0.4) is 0 Å². The molecule has 122 valence electrons. The summed E-state index contributed by atoms with van der Waals surface area (Å²) in [5.41, 5.74) is 1.65. The van der Waals surface area contributed by atoms with Crippen LogP contribution in [0.25, 0.3) is 0 Å². The normalized spacial score (nSPS) is 10.3. The number of rotatable bonds is 10. The van der Waals surface area contributed by atoms with E-state index in [1.54, 1.807) is 19.2 Å². The third-order valence-corrected chi connectivity index (χ3v) is 3.07. The Morgan fingerprint density at radius 3 is 2.55 bits per heavy atom. The number of hydrogen-bond acceptors (Lipinski definition) is 4. The van der Waals surface area contributed by atoms with Gasteiger partial charge in [0.1, 0.15) is 12.4 Å². The number of carbonyl (C=O) groups is 2. The van der Waals surface area contributed by atoms with Crippen LogP contribution < -0.4 is 10.1 Å². The molecule has 1 amide bonds. The van der Waals surface area contributed by atoms with Gasteiger partial charge in [0, 0.05) is 25.6 Å². The van der Waals surface area contributed by atoms with E-state index in [0.29, 0.717) is 32.5 Å². The van der Waals surface area contributed by atoms with Crippen molar-refractivity contribution in [3.8, 4) is 5.75 Å². The van der Waals surface area contributed by atoms with Crippen LogP contribution in [0.15, 0.2) is 18.2 Å². The van der Waals surface area contributed by atoms with Crippen molar-refractivity contribution in [1.82, 2.24) is 0 Å². The molecule has 6 nitrogen and oxygen atoms in total. The molecule has 0 heterocycles. The van der Waals surface area contributed by atoms with Crippen LogP contribution in [0.5, 0.6) is 5.75 Å². The molecule has 0 atom stereocenters. The van der Waals surface area contributed by atoms with Crippen LogP contribution in [0, 0.1) is 6.92 Å². The fraction of sp³-hybridized carbons (Fsp3) is 0.500. The predicted molar refractivity (Wildman–Crippen MR) is 83.3 cm³/mol. The first kappa shape index (κ1) is 18.0. The molecule has 0 aromatic heterocycles. The fourth-order valence-electron chi connectivity index (χ4n) is 1.88. The molecule has 0 fully saturated rings. The first-order chi connectivity index (χ1) is 10.5. The summed E-state index contributed by atoms with van der Waals surface area (Å²) in [6, 6.07) is 5.45. The average molecular weight is 309 g/mol. The third-order valence-electron chi connectivity index (χ3n) is 3.07. The number of aryl methyl sites for hydroxylation is 1. The molecular weight excluding hydrogens is 286 g/mol. The van der Waals surface area contributed by atoms with E-state index < -0.39 is 5.97 Å². The van der Waals surface area contributed by atoms with E-state index in [0.717, 1.165) is 17.0 Å². The zero-order valence-corrected chi connectivity index (χ0v) is 13.1. The van der Waals surface area contributed by atoms with E-state index in [4.69, 9.17) is 14.6 Å². The second kappa shape index (κ2) is 9.78. The Bertz CT molecular complexity index is 501. The summed E-state index contributed by atoms with van der Waals surface area (Å²) >= 11 is 0. The summed E-state index contributed by atoms with van der Waals surface area (Å²) in [4.78, 5) is 22.2. The van der Waals surface area contributed by atoms with Crippen molar-refractivity contribution in [1.29, 1.82) is 0 Å². The van der Waals surface area contributed by atoms with Gasteiger partial charge in [0.25, 0.3) is 0 Å². The van der Waals surface area contributed by atoms with Crippen molar-refractivity contribution < 1.29 is 24.2 Å². The highest BCUT2D eigenvalue weighted by molar-refractivity contribution is 5.91. The maximum Gasteiger partial charge on any atom is 0.303 e. The number of nitrogens with one attached hydrogen (secondary N) is 1. The number of aliphatic carboxylic acids is 1. The molecule has 1 aromatic rings. The maximum atomic E-state index is 11.8. The third kappa shape index (κ3) is 7.08. The summed E-state index contributed by atoms with van der Waals surface area (Å²) in [6.07, 6.45) is 1.49. The summed E-state index contributed by atoms with van der Waals surface area (Å²) < 4.78 is 10.4. The molecule has 0 saturated heterocycles. The summed E-state index contributed by atoms with van der Waals surface area (Å²) in [7, 11) is 1.61. The number of carboxylic acid groups (broad SMARTS) is 1. The fourth-order valence-corrected chi connectivity index (χ4v) is 1.88. The maximum absolute atomic E-state index is 11.8. The van der Waals surface area contributed by atoms with E-state index in [9.17, 15) is 9.59 Å². The van der Waals surface area contributed by atoms with Gasteiger partial charge < -0.3 is 19.9 Å². The molecule has 0 saturated carbocycles. The van der Waals surface area contributed by atoms with Crippen molar-refractivity contribution in [2.45, 2.75) is 32.6 Å². The summed E-state index contributed by atoms with van der Waals surface area (Å²) in [5, 5.41) is 11.4. The zero-order valence-electron chi connectivity index (χ0n) is 13.1. The lowest BCUT2D eigenvalue weighted by Gasteiger charge is -2.11. The highest BCUT2D eigenvalue weighted by Gasteiger charge is 2.06. The van der Waals surface area contributed by atoms with Gasteiger partial charge >= 0.3 is 5.97 Å². The zero-order chi connectivity index (χ0) is 16.4. The first-order valence-corrected chi connectivity index (χ1v) is 7.27. The Morgan fingerprint density at radius 1 is 1.18 bits per heavy atom. The highest BCUT2D eigenvalue weighted by Crippen LogP contribution is 2.21. The van der Waals surface area contributed by atoms with Gasteiger partial charge in [-0.2, -0.15) is 0 Å².